The quantitative estimate of drug-likeness (QED) is 0.580. The Morgan fingerprint density at radius 2 is 1.62 bits per heavy atom. The van der Waals surface area contributed by atoms with E-state index in [0.717, 1.165) is 30.0 Å². The summed E-state index contributed by atoms with van der Waals surface area (Å²) >= 11 is 0. The first kappa shape index (κ1) is 20.3. The number of amides is 1. The minimum Gasteiger partial charge on any atom is -0.497 e. The Labute approximate surface area is 169 Å². The van der Waals surface area contributed by atoms with Gasteiger partial charge in [0.05, 0.1) is 18.4 Å². The maximum absolute atomic E-state index is 12.9. The number of pyridine rings is 1. The summed E-state index contributed by atoms with van der Waals surface area (Å²) in [5.74, 6) is 0.391. The summed E-state index contributed by atoms with van der Waals surface area (Å²) in [4.78, 5) is 16.5. The summed E-state index contributed by atoms with van der Waals surface area (Å²) < 4.78 is 18.1. The lowest BCUT2D eigenvalue weighted by atomic mass is 10.1. The van der Waals surface area contributed by atoms with Crippen LogP contribution in [0.1, 0.15) is 21.5 Å². The van der Waals surface area contributed by atoms with Gasteiger partial charge in [0.15, 0.2) is 0 Å². The lowest BCUT2D eigenvalue weighted by Crippen LogP contribution is -2.26. The lowest BCUT2D eigenvalue weighted by molar-refractivity contribution is 0.0954. The third-order valence-corrected chi connectivity index (χ3v) is 4.51. The zero-order valence-corrected chi connectivity index (χ0v) is 16.3. The zero-order valence-electron chi connectivity index (χ0n) is 16.3. The van der Waals surface area contributed by atoms with Crippen molar-refractivity contribution < 1.29 is 13.9 Å². The highest BCUT2D eigenvalue weighted by Gasteiger charge is 2.07. The molecule has 0 fully saturated rings. The second-order valence-electron chi connectivity index (χ2n) is 6.62. The van der Waals surface area contributed by atoms with Crippen LogP contribution in [0.2, 0.25) is 0 Å². The van der Waals surface area contributed by atoms with Crippen molar-refractivity contribution in [2.45, 2.75) is 12.8 Å². The number of aromatic nitrogens is 1. The van der Waals surface area contributed by atoms with Crippen molar-refractivity contribution in [3.05, 3.63) is 89.5 Å². The molecule has 0 spiro atoms. The van der Waals surface area contributed by atoms with Crippen molar-refractivity contribution in [3.8, 4) is 5.75 Å². The fourth-order valence-electron chi connectivity index (χ4n) is 2.88. The molecule has 0 saturated carbocycles. The van der Waals surface area contributed by atoms with Crippen LogP contribution in [0.15, 0.2) is 67.0 Å². The molecular weight excluding hydrogens is 369 g/mol. The molecule has 0 aliphatic heterocycles. The molecule has 1 heterocycles. The highest BCUT2D eigenvalue weighted by molar-refractivity contribution is 5.94. The molecule has 3 aromatic rings. The van der Waals surface area contributed by atoms with Gasteiger partial charge in [-0.15, -0.1) is 0 Å². The number of rotatable bonds is 9. The molecule has 0 bridgehead atoms. The summed E-state index contributed by atoms with van der Waals surface area (Å²) in [5, 5.41) is 6.16. The van der Waals surface area contributed by atoms with Crippen molar-refractivity contribution in [2.24, 2.45) is 0 Å². The van der Waals surface area contributed by atoms with Gasteiger partial charge in [-0.1, -0.05) is 24.3 Å². The number of methoxy groups -OCH3 is 1. The first-order valence-electron chi connectivity index (χ1n) is 9.48. The van der Waals surface area contributed by atoms with E-state index in [1.165, 1.54) is 17.7 Å². The van der Waals surface area contributed by atoms with Crippen molar-refractivity contribution in [3.63, 3.8) is 0 Å². The highest BCUT2D eigenvalue weighted by atomic mass is 19.1. The fourth-order valence-corrected chi connectivity index (χ4v) is 2.88. The first-order chi connectivity index (χ1) is 14.1. The predicted octanol–water partition coefficient (Wildman–Crippen LogP) is 3.86. The molecule has 5 nitrogen and oxygen atoms in total. The maximum atomic E-state index is 12.9. The molecule has 0 unspecified atom stereocenters. The van der Waals surface area contributed by atoms with Crippen LogP contribution in [-0.4, -0.2) is 31.1 Å². The monoisotopic (exact) mass is 393 g/mol. The number of carbonyl (C=O) groups is 1. The van der Waals surface area contributed by atoms with Gasteiger partial charge in [0.1, 0.15) is 11.6 Å². The minimum atomic E-state index is -0.264. The summed E-state index contributed by atoms with van der Waals surface area (Å²) in [6.07, 6.45) is 4.72. The lowest BCUT2D eigenvalue weighted by Gasteiger charge is -2.09. The molecule has 29 heavy (non-hydrogen) atoms. The topological polar surface area (TPSA) is 63.2 Å². The van der Waals surface area contributed by atoms with Crippen molar-refractivity contribution in [1.82, 2.24) is 10.3 Å². The first-order valence-corrected chi connectivity index (χ1v) is 9.48. The summed E-state index contributed by atoms with van der Waals surface area (Å²) in [6, 6.07) is 16.0. The molecule has 1 aromatic heterocycles. The fraction of sp³-hybridized carbons (Fsp3) is 0.217. The van der Waals surface area contributed by atoms with E-state index in [-0.39, 0.29) is 11.7 Å². The number of nitrogens with zero attached hydrogens (tertiary/aromatic N) is 1. The second-order valence-corrected chi connectivity index (χ2v) is 6.62. The van der Waals surface area contributed by atoms with Gasteiger partial charge in [-0.3, -0.25) is 9.78 Å². The highest BCUT2D eigenvalue weighted by Crippen LogP contribution is 2.13. The van der Waals surface area contributed by atoms with E-state index in [4.69, 9.17) is 4.74 Å². The number of nitrogens with one attached hydrogen (secondary N) is 2. The largest absolute Gasteiger partial charge is 0.497 e. The number of carbonyl (C=O) groups excluding carboxylic acids is 1. The van der Waals surface area contributed by atoms with E-state index in [1.807, 2.05) is 24.3 Å². The van der Waals surface area contributed by atoms with Crippen molar-refractivity contribution in [2.75, 3.05) is 25.5 Å². The zero-order chi connectivity index (χ0) is 20.5. The maximum Gasteiger partial charge on any atom is 0.252 e. The summed E-state index contributed by atoms with van der Waals surface area (Å²) in [7, 11) is 1.65. The number of benzene rings is 2. The number of hydrogen-bond acceptors (Lipinski definition) is 4. The van der Waals surface area contributed by atoms with E-state index in [0.29, 0.717) is 18.5 Å². The Morgan fingerprint density at radius 3 is 2.31 bits per heavy atom. The summed E-state index contributed by atoms with van der Waals surface area (Å²) in [6.45, 7) is 1.20. The molecule has 6 heteroatoms. The average molecular weight is 393 g/mol. The Morgan fingerprint density at radius 1 is 0.966 bits per heavy atom. The average Bonchev–Trinajstić information content (AvgIpc) is 2.76. The van der Waals surface area contributed by atoms with Crippen molar-refractivity contribution >= 4 is 11.6 Å². The van der Waals surface area contributed by atoms with Crippen LogP contribution in [0.4, 0.5) is 10.1 Å². The molecule has 0 aliphatic rings. The SMILES string of the molecule is COc1ccc(CCNc2cncc(C(=O)NCCc3ccc(F)cc3)c2)cc1. The van der Waals surface area contributed by atoms with Crippen LogP contribution < -0.4 is 15.4 Å². The molecule has 1 amide bonds. The standard InChI is InChI=1S/C23H24FN3O2/c1-29-22-8-4-18(5-9-22)10-12-26-21-14-19(15-25-16-21)23(28)27-13-11-17-2-6-20(24)7-3-17/h2-9,14-16,26H,10-13H2,1H3,(H,27,28). The van der Waals surface area contributed by atoms with Crippen LogP contribution in [0, 0.1) is 5.82 Å². The van der Waals surface area contributed by atoms with Crippen molar-refractivity contribution in [1.29, 1.82) is 0 Å². The smallest absolute Gasteiger partial charge is 0.252 e. The molecule has 0 atom stereocenters. The summed E-state index contributed by atoms with van der Waals surface area (Å²) in [5.41, 5.74) is 3.46. The number of anilines is 1. The van der Waals surface area contributed by atoms with Gasteiger partial charge in [-0.25, -0.2) is 4.39 Å². The molecule has 0 saturated heterocycles. The van der Waals surface area contributed by atoms with Crippen LogP contribution in [0.5, 0.6) is 5.75 Å². The second kappa shape index (κ2) is 10.2. The number of halogens is 1. The molecule has 2 N–H and O–H groups in total. The Balaban J connectivity index is 1.46. The van der Waals surface area contributed by atoms with E-state index < -0.39 is 0 Å². The molecule has 0 aliphatic carbocycles. The normalized spacial score (nSPS) is 10.4. The molecule has 2 aromatic carbocycles. The third kappa shape index (κ3) is 6.31. The molecular formula is C23H24FN3O2. The van der Waals surface area contributed by atoms with E-state index in [2.05, 4.69) is 15.6 Å². The van der Waals surface area contributed by atoms with E-state index in [1.54, 1.807) is 37.7 Å². The van der Waals surface area contributed by atoms with Gasteiger partial charge in [0.2, 0.25) is 0 Å². The van der Waals surface area contributed by atoms with E-state index >= 15 is 0 Å². The number of ether oxygens (including phenoxy) is 1. The number of hydrogen-bond donors (Lipinski definition) is 2. The molecule has 0 radical (unpaired) electrons. The Kier molecular flexibility index (Phi) is 7.16. The van der Waals surface area contributed by atoms with Gasteiger partial charge >= 0.3 is 0 Å². The third-order valence-electron chi connectivity index (χ3n) is 4.51. The minimum absolute atomic E-state index is 0.182. The van der Waals surface area contributed by atoms with Gasteiger partial charge in [0, 0.05) is 25.5 Å². The van der Waals surface area contributed by atoms with Gasteiger partial charge in [-0.05, 0) is 54.3 Å². The molecule has 3 rings (SSSR count). The van der Waals surface area contributed by atoms with Crippen LogP contribution in [0.3, 0.4) is 0 Å². The Bertz CT molecular complexity index is 928. The Hall–Kier alpha value is -3.41. The van der Waals surface area contributed by atoms with Gasteiger partial charge in [-0.2, -0.15) is 0 Å². The predicted molar refractivity (Wildman–Crippen MR) is 112 cm³/mol. The van der Waals surface area contributed by atoms with Crippen LogP contribution in [0.25, 0.3) is 0 Å². The van der Waals surface area contributed by atoms with Gasteiger partial charge in [0.25, 0.3) is 5.91 Å². The van der Waals surface area contributed by atoms with Gasteiger partial charge < -0.3 is 15.4 Å². The van der Waals surface area contributed by atoms with Crippen LogP contribution >= 0.6 is 0 Å². The van der Waals surface area contributed by atoms with Crippen LogP contribution in [-0.2, 0) is 12.8 Å². The molecule has 150 valence electrons. The van der Waals surface area contributed by atoms with E-state index in [9.17, 15) is 9.18 Å².